The summed E-state index contributed by atoms with van der Waals surface area (Å²) in [6.45, 7) is 0. The number of carboxylic acids is 1. The first-order valence-corrected chi connectivity index (χ1v) is 7.49. The van der Waals surface area contributed by atoms with Crippen molar-refractivity contribution in [3.05, 3.63) is 0 Å². The minimum Gasteiger partial charge on any atom is -0.481 e. The maximum absolute atomic E-state index is 11.1. The Bertz CT molecular complexity index is 277. The third-order valence-electron chi connectivity index (χ3n) is 5.81. The Morgan fingerprint density at radius 1 is 0.824 bits per heavy atom. The molecule has 0 aliphatic heterocycles. The zero-order chi connectivity index (χ0) is 11.8. The maximum Gasteiger partial charge on any atom is 0.303 e. The van der Waals surface area contributed by atoms with Gasteiger partial charge in [-0.1, -0.05) is 25.7 Å². The summed E-state index contributed by atoms with van der Waals surface area (Å²) in [4.78, 5) is 11.1. The Hall–Kier alpha value is -0.530. The van der Waals surface area contributed by atoms with Crippen molar-refractivity contribution in [2.75, 3.05) is 0 Å². The van der Waals surface area contributed by atoms with E-state index in [0.29, 0.717) is 12.3 Å². The molecule has 0 radical (unpaired) electrons. The van der Waals surface area contributed by atoms with Crippen molar-refractivity contribution in [1.29, 1.82) is 0 Å². The van der Waals surface area contributed by atoms with Crippen LogP contribution in [0, 0.1) is 29.6 Å². The van der Waals surface area contributed by atoms with Gasteiger partial charge in [0, 0.05) is 6.42 Å². The smallest absolute Gasteiger partial charge is 0.303 e. The van der Waals surface area contributed by atoms with Crippen LogP contribution in [0.4, 0.5) is 0 Å². The molecule has 0 spiro atoms. The highest BCUT2D eigenvalue weighted by Crippen LogP contribution is 2.58. The van der Waals surface area contributed by atoms with Crippen molar-refractivity contribution in [3.8, 4) is 0 Å². The SMILES string of the molecule is O=C(O)CC1C2CCCCC2C2CCCCC21. The molecule has 4 atom stereocenters. The Morgan fingerprint density at radius 3 is 1.65 bits per heavy atom. The van der Waals surface area contributed by atoms with Crippen molar-refractivity contribution in [3.63, 3.8) is 0 Å². The topological polar surface area (TPSA) is 37.3 Å². The van der Waals surface area contributed by atoms with Crippen molar-refractivity contribution in [2.45, 2.75) is 57.8 Å². The van der Waals surface area contributed by atoms with Gasteiger partial charge in [-0.2, -0.15) is 0 Å². The molecule has 0 aromatic carbocycles. The van der Waals surface area contributed by atoms with Gasteiger partial charge in [-0.15, -0.1) is 0 Å². The first kappa shape index (κ1) is 11.6. The molecule has 0 bridgehead atoms. The zero-order valence-electron chi connectivity index (χ0n) is 10.6. The monoisotopic (exact) mass is 236 g/mol. The third kappa shape index (κ3) is 2.00. The Morgan fingerprint density at radius 2 is 1.24 bits per heavy atom. The lowest BCUT2D eigenvalue weighted by atomic mass is 9.73. The summed E-state index contributed by atoms with van der Waals surface area (Å²) in [5, 5.41) is 9.15. The third-order valence-corrected chi connectivity index (χ3v) is 5.81. The van der Waals surface area contributed by atoms with Gasteiger partial charge in [-0.05, 0) is 55.3 Å². The highest BCUT2D eigenvalue weighted by Gasteiger charge is 2.51. The molecule has 0 aromatic rings. The van der Waals surface area contributed by atoms with Crippen LogP contribution in [-0.4, -0.2) is 11.1 Å². The molecule has 2 heteroatoms. The minimum atomic E-state index is -0.564. The quantitative estimate of drug-likeness (QED) is 0.793. The first-order chi connectivity index (χ1) is 8.27. The average molecular weight is 236 g/mol. The van der Waals surface area contributed by atoms with E-state index >= 15 is 0 Å². The second-order valence-corrected chi connectivity index (χ2v) is 6.49. The number of rotatable bonds is 2. The highest BCUT2D eigenvalue weighted by molar-refractivity contribution is 5.67. The molecule has 0 amide bonds. The summed E-state index contributed by atoms with van der Waals surface area (Å²) in [5.74, 6) is 3.24. The number of carboxylic acid groups (broad SMARTS) is 1. The van der Waals surface area contributed by atoms with Crippen LogP contribution in [0.1, 0.15) is 57.8 Å². The standard InChI is InChI=1S/C15H24O2/c16-15(17)9-14-12-7-3-1-5-10(12)11-6-2-4-8-13(11)14/h10-14H,1-9H2,(H,16,17). The summed E-state index contributed by atoms with van der Waals surface area (Å²) in [5.41, 5.74) is 0. The maximum atomic E-state index is 11.1. The molecule has 96 valence electrons. The van der Waals surface area contributed by atoms with Crippen LogP contribution in [0.5, 0.6) is 0 Å². The lowest BCUT2D eigenvalue weighted by Crippen LogP contribution is -2.23. The molecule has 17 heavy (non-hydrogen) atoms. The molecular weight excluding hydrogens is 212 g/mol. The molecule has 3 fully saturated rings. The van der Waals surface area contributed by atoms with E-state index in [9.17, 15) is 4.79 Å². The normalized spacial score (nSPS) is 45.1. The second-order valence-electron chi connectivity index (χ2n) is 6.49. The van der Waals surface area contributed by atoms with Gasteiger partial charge in [-0.25, -0.2) is 0 Å². The van der Waals surface area contributed by atoms with Crippen LogP contribution in [-0.2, 0) is 4.79 Å². The molecule has 3 rings (SSSR count). The van der Waals surface area contributed by atoms with E-state index in [1.807, 2.05) is 0 Å². The predicted molar refractivity (Wildman–Crippen MR) is 66.6 cm³/mol. The summed E-state index contributed by atoms with van der Waals surface area (Å²) >= 11 is 0. The molecule has 0 aromatic heterocycles. The summed E-state index contributed by atoms with van der Waals surface area (Å²) in [7, 11) is 0. The van der Waals surface area contributed by atoms with Gasteiger partial charge < -0.3 is 5.11 Å². The van der Waals surface area contributed by atoms with Gasteiger partial charge >= 0.3 is 5.97 Å². The van der Waals surface area contributed by atoms with Gasteiger partial charge in [0.2, 0.25) is 0 Å². The lowest BCUT2D eigenvalue weighted by molar-refractivity contribution is -0.139. The zero-order valence-corrected chi connectivity index (χ0v) is 10.6. The van der Waals surface area contributed by atoms with Crippen molar-refractivity contribution >= 4 is 5.97 Å². The largest absolute Gasteiger partial charge is 0.481 e. The molecule has 0 heterocycles. The van der Waals surface area contributed by atoms with E-state index < -0.39 is 5.97 Å². The fourth-order valence-electron chi connectivity index (χ4n) is 5.32. The second kappa shape index (κ2) is 4.62. The number of fused-ring (bicyclic) bond motifs is 3. The fraction of sp³-hybridized carbons (Fsp3) is 0.933. The van der Waals surface area contributed by atoms with E-state index in [1.54, 1.807) is 0 Å². The summed E-state index contributed by atoms with van der Waals surface area (Å²) < 4.78 is 0. The van der Waals surface area contributed by atoms with Crippen molar-refractivity contribution < 1.29 is 9.90 Å². The first-order valence-electron chi connectivity index (χ1n) is 7.49. The Kier molecular flexibility index (Phi) is 3.14. The Balaban J connectivity index is 1.82. The number of hydrogen-bond acceptors (Lipinski definition) is 1. The van der Waals surface area contributed by atoms with Crippen LogP contribution < -0.4 is 0 Å². The van der Waals surface area contributed by atoms with E-state index in [4.69, 9.17) is 5.11 Å². The molecule has 3 saturated carbocycles. The van der Waals surface area contributed by atoms with E-state index in [0.717, 1.165) is 23.7 Å². The number of aliphatic carboxylic acids is 1. The van der Waals surface area contributed by atoms with Crippen molar-refractivity contribution in [1.82, 2.24) is 0 Å². The van der Waals surface area contributed by atoms with E-state index in [1.165, 1.54) is 51.4 Å². The highest BCUT2D eigenvalue weighted by atomic mass is 16.4. The molecule has 4 unspecified atom stereocenters. The lowest BCUT2D eigenvalue weighted by Gasteiger charge is -2.32. The summed E-state index contributed by atoms with van der Waals surface area (Å²) in [6.07, 6.45) is 11.3. The van der Waals surface area contributed by atoms with Crippen LogP contribution in [0.2, 0.25) is 0 Å². The van der Waals surface area contributed by atoms with Crippen LogP contribution in [0.25, 0.3) is 0 Å². The van der Waals surface area contributed by atoms with E-state index in [2.05, 4.69) is 0 Å². The Labute approximate surface area is 104 Å². The van der Waals surface area contributed by atoms with Crippen molar-refractivity contribution in [2.24, 2.45) is 29.6 Å². The van der Waals surface area contributed by atoms with Gasteiger partial charge in [0.05, 0.1) is 0 Å². The van der Waals surface area contributed by atoms with Crippen LogP contribution in [0.3, 0.4) is 0 Å². The molecule has 3 aliphatic carbocycles. The fourth-order valence-corrected chi connectivity index (χ4v) is 5.32. The molecule has 0 saturated heterocycles. The van der Waals surface area contributed by atoms with E-state index in [-0.39, 0.29) is 0 Å². The predicted octanol–water partition coefficient (Wildman–Crippen LogP) is 3.70. The van der Waals surface area contributed by atoms with Crippen LogP contribution >= 0.6 is 0 Å². The molecular formula is C15H24O2. The number of carbonyl (C=O) groups is 1. The van der Waals surface area contributed by atoms with Gasteiger partial charge in [0.15, 0.2) is 0 Å². The average Bonchev–Trinajstić information content (AvgIpc) is 2.65. The van der Waals surface area contributed by atoms with Gasteiger partial charge in [0.25, 0.3) is 0 Å². The number of hydrogen-bond donors (Lipinski definition) is 1. The van der Waals surface area contributed by atoms with Crippen LogP contribution in [0.15, 0.2) is 0 Å². The van der Waals surface area contributed by atoms with Gasteiger partial charge in [-0.3, -0.25) is 4.79 Å². The molecule has 2 nitrogen and oxygen atoms in total. The minimum absolute atomic E-state index is 0.447. The van der Waals surface area contributed by atoms with Gasteiger partial charge in [0.1, 0.15) is 0 Å². The molecule has 1 N–H and O–H groups in total. The molecule has 3 aliphatic rings. The summed E-state index contributed by atoms with van der Waals surface area (Å²) in [6, 6.07) is 0.